The van der Waals surface area contributed by atoms with Crippen LogP contribution in [0.3, 0.4) is 0 Å². The molecule has 108 valence electrons. The molecule has 0 aliphatic carbocycles. The molecule has 3 nitrogen and oxygen atoms in total. The largest absolute Gasteiger partial charge is 0.481 e. The summed E-state index contributed by atoms with van der Waals surface area (Å²) >= 11 is 11.6. The molecule has 2 rings (SSSR count). The summed E-state index contributed by atoms with van der Waals surface area (Å²) in [7, 11) is 0. The number of hydrogen-bond acceptors (Lipinski definition) is 2. The molecular weight excluding hydrogens is 311 g/mol. The highest BCUT2D eigenvalue weighted by molar-refractivity contribution is 6.30. The van der Waals surface area contributed by atoms with Crippen molar-refractivity contribution in [2.75, 3.05) is 0 Å². The van der Waals surface area contributed by atoms with Crippen molar-refractivity contribution in [3.63, 3.8) is 0 Å². The number of hydrogen-bond donors (Lipinski definition) is 1. The first-order valence-corrected chi connectivity index (χ1v) is 7.00. The van der Waals surface area contributed by atoms with Crippen LogP contribution in [0.2, 0.25) is 10.0 Å². The van der Waals surface area contributed by atoms with Gasteiger partial charge in [-0.3, -0.25) is 9.59 Å². The van der Waals surface area contributed by atoms with Gasteiger partial charge in [0.1, 0.15) is 0 Å². The van der Waals surface area contributed by atoms with E-state index in [1.165, 1.54) is 0 Å². The highest BCUT2D eigenvalue weighted by Gasteiger charge is 2.23. The first-order chi connectivity index (χ1) is 9.97. The van der Waals surface area contributed by atoms with Crippen LogP contribution >= 0.6 is 23.2 Å². The third-order valence-corrected chi connectivity index (χ3v) is 3.63. The topological polar surface area (TPSA) is 54.4 Å². The quantitative estimate of drug-likeness (QED) is 0.828. The number of carboxylic acids is 1. The van der Waals surface area contributed by atoms with Crippen LogP contribution in [0.15, 0.2) is 48.5 Å². The van der Waals surface area contributed by atoms with Gasteiger partial charge >= 0.3 is 5.97 Å². The summed E-state index contributed by atoms with van der Waals surface area (Å²) in [5, 5.41) is 10.4. The fourth-order valence-corrected chi connectivity index (χ4v) is 2.23. The molecule has 0 spiro atoms. The van der Waals surface area contributed by atoms with E-state index in [0.29, 0.717) is 21.2 Å². The molecule has 21 heavy (non-hydrogen) atoms. The third kappa shape index (κ3) is 4.06. The zero-order chi connectivity index (χ0) is 15.4. The Balaban J connectivity index is 2.20. The summed E-state index contributed by atoms with van der Waals surface area (Å²) in [5.41, 5.74) is 0.994. The van der Waals surface area contributed by atoms with Crippen molar-refractivity contribution in [3.8, 4) is 0 Å². The smallest absolute Gasteiger partial charge is 0.311 e. The molecule has 0 unspecified atom stereocenters. The van der Waals surface area contributed by atoms with E-state index < -0.39 is 11.9 Å². The molecule has 0 saturated carbocycles. The number of benzene rings is 2. The van der Waals surface area contributed by atoms with Crippen molar-refractivity contribution in [2.45, 2.75) is 12.3 Å². The van der Waals surface area contributed by atoms with Crippen LogP contribution in [-0.4, -0.2) is 16.9 Å². The Morgan fingerprint density at radius 2 is 1.38 bits per heavy atom. The van der Waals surface area contributed by atoms with Crippen molar-refractivity contribution >= 4 is 35.0 Å². The minimum atomic E-state index is -1.04. The van der Waals surface area contributed by atoms with Gasteiger partial charge in [0, 0.05) is 22.0 Å². The van der Waals surface area contributed by atoms with E-state index in [9.17, 15) is 14.7 Å². The zero-order valence-electron chi connectivity index (χ0n) is 10.9. The second kappa shape index (κ2) is 6.74. The van der Waals surface area contributed by atoms with Crippen molar-refractivity contribution in [1.82, 2.24) is 0 Å². The predicted molar refractivity (Wildman–Crippen MR) is 82.2 cm³/mol. The summed E-state index contributed by atoms with van der Waals surface area (Å²) in [4.78, 5) is 23.6. The van der Waals surface area contributed by atoms with Crippen LogP contribution in [0.4, 0.5) is 0 Å². The van der Waals surface area contributed by atoms with E-state index >= 15 is 0 Å². The number of aliphatic carboxylic acids is 1. The molecule has 0 saturated heterocycles. The number of Topliss-reactive ketones (excluding diaryl/α,β-unsaturated/α-hetero) is 1. The van der Waals surface area contributed by atoms with Gasteiger partial charge in [0.05, 0.1) is 5.92 Å². The molecule has 0 aliphatic rings. The molecule has 0 radical (unpaired) electrons. The van der Waals surface area contributed by atoms with Crippen molar-refractivity contribution in [3.05, 3.63) is 69.7 Å². The second-order valence-corrected chi connectivity index (χ2v) is 5.45. The number of halogens is 2. The fourth-order valence-electron chi connectivity index (χ4n) is 1.98. The molecule has 0 aliphatic heterocycles. The average molecular weight is 323 g/mol. The Kier molecular flexibility index (Phi) is 4.99. The van der Waals surface area contributed by atoms with Gasteiger partial charge < -0.3 is 5.11 Å². The summed E-state index contributed by atoms with van der Waals surface area (Å²) in [5.74, 6) is -2.18. The van der Waals surface area contributed by atoms with E-state index in [2.05, 4.69) is 0 Å². The van der Waals surface area contributed by atoms with Gasteiger partial charge in [0.15, 0.2) is 5.78 Å². The summed E-state index contributed by atoms with van der Waals surface area (Å²) in [6.45, 7) is 0. The van der Waals surface area contributed by atoms with Gasteiger partial charge in [-0.15, -0.1) is 0 Å². The van der Waals surface area contributed by atoms with Gasteiger partial charge in [0.2, 0.25) is 0 Å². The average Bonchev–Trinajstić information content (AvgIpc) is 2.46. The second-order valence-electron chi connectivity index (χ2n) is 4.58. The van der Waals surface area contributed by atoms with E-state index in [-0.39, 0.29) is 12.2 Å². The lowest BCUT2D eigenvalue weighted by Gasteiger charge is -2.12. The number of rotatable bonds is 5. The van der Waals surface area contributed by atoms with E-state index in [1.54, 1.807) is 48.5 Å². The molecule has 1 N–H and O–H groups in total. The summed E-state index contributed by atoms with van der Waals surface area (Å²) in [6, 6.07) is 12.8. The SMILES string of the molecule is O=C(C[C@@H](C(=O)O)c1ccc(Cl)cc1)c1ccc(Cl)cc1. The zero-order valence-corrected chi connectivity index (χ0v) is 12.4. The van der Waals surface area contributed by atoms with Gasteiger partial charge in [-0.05, 0) is 42.0 Å². The van der Waals surface area contributed by atoms with Gasteiger partial charge in [0.25, 0.3) is 0 Å². The van der Waals surface area contributed by atoms with Crippen LogP contribution in [-0.2, 0) is 4.79 Å². The first kappa shape index (κ1) is 15.5. The molecular formula is C16H12Cl2O3. The maximum atomic E-state index is 12.2. The third-order valence-electron chi connectivity index (χ3n) is 3.13. The normalized spacial score (nSPS) is 11.9. The molecule has 2 aromatic carbocycles. The molecule has 5 heteroatoms. The molecule has 0 amide bonds. The van der Waals surface area contributed by atoms with E-state index in [4.69, 9.17) is 23.2 Å². The number of carbonyl (C=O) groups excluding carboxylic acids is 1. The monoisotopic (exact) mass is 322 g/mol. The molecule has 2 aromatic rings. The molecule has 0 aromatic heterocycles. The fraction of sp³-hybridized carbons (Fsp3) is 0.125. The standard InChI is InChI=1S/C16H12Cl2O3/c17-12-5-1-10(2-6-12)14(16(20)21)9-15(19)11-3-7-13(18)8-4-11/h1-8,14H,9H2,(H,20,21)/t14-/m1/s1. The van der Waals surface area contributed by atoms with Crippen molar-refractivity contribution < 1.29 is 14.7 Å². The lowest BCUT2D eigenvalue weighted by atomic mass is 9.92. The maximum Gasteiger partial charge on any atom is 0.311 e. The van der Waals surface area contributed by atoms with Crippen LogP contribution < -0.4 is 0 Å². The van der Waals surface area contributed by atoms with Crippen molar-refractivity contribution in [2.24, 2.45) is 0 Å². The maximum absolute atomic E-state index is 12.2. The summed E-state index contributed by atoms with van der Waals surface area (Å²) < 4.78 is 0. The number of carbonyl (C=O) groups is 2. The Labute approximate surface area is 132 Å². The van der Waals surface area contributed by atoms with Crippen molar-refractivity contribution in [1.29, 1.82) is 0 Å². The Hall–Kier alpha value is -1.84. The Bertz CT molecular complexity index is 648. The number of ketones is 1. The van der Waals surface area contributed by atoms with Crippen LogP contribution in [0.5, 0.6) is 0 Å². The highest BCUT2D eigenvalue weighted by Crippen LogP contribution is 2.24. The summed E-state index contributed by atoms with van der Waals surface area (Å²) in [6.07, 6.45) is -0.113. The van der Waals surface area contributed by atoms with Gasteiger partial charge in [-0.25, -0.2) is 0 Å². The predicted octanol–water partition coefficient (Wildman–Crippen LogP) is 4.43. The van der Waals surface area contributed by atoms with E-state index in [0.717, 1.165) is 0 Å². The minimum Gasteiger partial charge on any atom is -0.481 e. The highest BCUT2D eigenvalue weighted by atomic mass is 35.5. The molecule has 0 bridgehead atoms. The lowest BCUT2D eigenvalue weighted by Crippen LogP contribution is -2.16. The molecule has 0 fully saturated rings. The Morgan fingerprint density at radius 1 is 0.905 bits per heavy atom. The van der Waals surface area contributed by atoms with Crippen LogP contribution in [0.1, 0.15) is 28.3 Å². The van der Waals surface area contributed by atoms with Crippen LogP contribution in [0, 0.1) is 0 Å². The van der Waals surface area contributed by atoms with Gasteiger partial charge in [-0.2, -0.15) is 0 Å². The van der Waals surface area contributed by atoms with Crippen LogP contribution in [0.25, 0.3) is 0 Å². The lowest BCUT2D eigenvalue weighted by molar-refractivity contribution is -0.138. The minimum absolute atomic E-state index is 0.113. The van der Waals surface area contributed by atoms with Gasteiger partial charge in [-0.1, -0.05) is 35.3 Å². The van der Waals surface area contributed by atoms with E-state index in [1.807, 2.05) is 0 Å². The molecule has 0 heterocycles. The first-order valence-electron chi connectivity index (χ1n) is 6.24. The number of carboxylic acid groups (broad SMARTS) is 1. The molecule has 1 atom stereocenters. The Morgan fingerprint density at radius 3 is 1.86 bits per heavy atom.